The van der Waals surface area contributed by atoms with E-state index in [1.54, 1.807) is 0 Å². The summed E-state index contributed by atoms with van der Waals surface area (Å²) in [6.07, 6.45) is 8.40. The third-order valence-electron chi connectivity index (χ3n) is 7.68. The minimum absolute atomic E-state index is 0.271. The lowest BCUT2D eigenvalue weighted by Gasteiger charge is -2.57. The van der Waals surface area contributed by atoms with Crippen LogP contribution >= 0.6 is 0 Å². The number of carboxylic acid groups (broad SMARTS) is 1. The van der Waals surface area contributed by atoms with Crippen molar-refractivity contribution in [1.82, 2.24) is 5.32 Å². The van der Waals surface area contributed by atoms with Crippen molar-refractivity contribution in [2.75, 3.05) is 0 Å². The van der Waals surface area contributed by atoms with Gasteiger partial charge < -0.3 is 10.4 Å². The van der Waals surface area contributed by atoms with Crippen LogP contribution in [0, 0.1) is 17.8 Å². The van der Waals surface area contributed by atoms with Crippen LogP contribution < -0.4 is 5.32 Å². The van der Waals surface area contributed by atoms with Crippen molar-refractivity contribution in [2.24, 2.45) is 17.8 Å². The zero-order valence-corrected chi connectivity index (χ0v) is 17.2. The van der Waals surface area contributed by atoms with Crippen molar-refractivity contribution in [2.45, 2.75) is 56.4 Å². The van der Waals surface area contributed by atoms with Gasteiger partial charge in [-0.25, -0.2) is 4.79 Å². The fraction of sp³-hybridized carbons (Fsp3) is 0.462. The van der Waals surface area contributed by atoms with Gasteiger partial charge in [-0.15, -0.1) is 0 Å². The van der Waals surface area contributed by atoms with E-state index >= 15 is 0 Å². The van der Waals surface area contributed by atoms with Crippen LogP contribution in [0.25, 0.3) is 0 Å². The first kappa shape index (κ1) is 19.3. The normalized spacial score (nSPS) is 30.1. The summed E-state index contributed by atoms with van der Waals surface area (Å²) in [5.74, 6) is 1.31. The van der Waals surface area contributed by atoms with E-state index in [9.17, 15) is 14.7 Å². The van der Waals surface area contributed by atoms with Gasteiger partial charge in [0.05, 0.1) is 0 Å². The van der Waals surface area contributed by atoms with Crippen LogP contribution in [0.2, 0.25) is 0 Å². The maximum absolute atomic E-state index is 12.7. The predicted octanol–water partition coefficient (Wildman–Crippen LogP) is 4.58. The van der Waals surface area contributed by atoms with Crippen LogP contribution in [-0.2, 0) is 16.6 Å². The van der Waals surface area contributed by atoms with Crippen molar-refractivity contribution < 1.29 is 14.7 Å². The Kier molecular flexibility index (Phi) is 4.88. The van der Waals surface area contributed by atoms with E-state index in [1.165, 1.54) is 44.1 Å². The molecular weight excluding hydrogens is 374 g/mol. The quantitative estimate of drug-likeness (QED) is 0.742. The van der Waals surface area contributed by atoms with Crippen LogP contribution in [0.3, 0.4) is 0 Å². The molecule has 6 rings (SSSR count). The van der Waals surface area contributed by atoms with E-state index in [0.717, 1.165) is 23.3 Å². The molecule has 2 aromatic carbocycles. The van der Waals surface area contributed by atoms with Gasteiger partial charge in [0.1, 0.15) is 6.04 Å². The van der Waals surface area contributed by atoms with Gasteiger partial charge in [0.2, 0.25) is 0 Å². The van der Waals surface area contributed by atoms with Gasteiger partial charge in [-0.05, 0) is 85.0 Å². The van der Waals surface area contributed by atoms with E-state index < -0.39 is 12.0 Å². The van der Waals surface area contributed by atoms with Gasteiger partial charge >= 0.3 is 5.97 Å². The minimum Gasteiger partial charge on any atom is -0.480 e. The number of benzene rings is 2. The maximum Gasteiger partial charge on any atom is 0.326 e. The molecule has 156 valence electrons. The highest BCUT2D eigenvalue weighted by Gasteiger charge is 2.51. The van der Waals surface area contributed by atoms with Crippen molar-refractivity contribution in [3.63, 3.8) is 0 Å². The second kappa shape index (κ2) is 7.57. The SMILES string of the molecule is O=C(N[C@@H](Cc1ccccc1)C(=O)O)c1ccc(C23CC4CC(CC(C4)C2)C3)cc1. The molecule has 0 radical (unpaired) electrons. The number of hydrogen-bond donors (Lipinski definition) is 2. The van der Waals surface area contributed by atoms with Gasteiger partial charge in [0.25, 0.3) is 5.91 Å². The molecule has 4 nitrogen and oxygen atoms in total. The number of carbonyl (C=O) groups is 2. The molecule has 1 atom stereocenters. The molecule has 0 heterocycles. The molecular formula is C26H29NO3. The third-order valence-corrected chi connectivity index (χ3v) is 7.68. The van der Waals surface area contributed by atoms with Gasteiger partial charge in [-0.1, -0.05) is 42.5 Å². The zero-order chi connectivity index (χ0) is 20.7. The topological polar surface area (TPSA) is 66.4 Å². The molecule has 30 heavy (non-hydrogen) atoms. The third kappa shape index (κ3) is 3.64. The number of carboxylic acids is 1. The van der Waals surface area contributed by atoms with E-state index in [1.807, 2.05) is 42.5 Å². The average molecular weight is 404 g/mol. The van der Waals surface area contributed by atoms with Crippen LogP contribution in [0.4, 0.5) is 0 Å². The summed E-state index contributed by atoms with van der Waals surface area (Å²) in [7, 11) is 0. The summed E-state index contributed by atoms with van der Waals surface area (Å²) in [6, 6.07) is 16.5. The van der Waals surface area contributed by atoms with Crippen LogP contribution in [0.15, 0.2) is 54.6 Å². The molecule has 0 unspecified atom stereocenters. The highest BCUT2D eigenvalue weighted by Crippen LogP contribution is 2.60. The summed E-state index contributed by atoms with van der Waals surface area (Å²) in [5.41, 5.74) is 3.10. The first-order valence-corrected chi connectivity index (χ1v) is 11.2. The molecule has 4 fully saturated rings. The maximum atomic E-state index is 12.7. The molecule has 0 saturated heterocycles. The fourth-order valence-corrected chi connectivity index (χ4v) is 6.73. The number of amides is 1. The van der Waals surface area contributed by atoms with Crippen molar-refractivity contribution in [3.8, 4) is 0 Å². The molecule has 1 amide bonds. The second-order valence-corrected chi connectivity index (χ2v) is 9.83. The van der Waals surface area contributed by atoms with Gasteiger partial charge in [0, 0.05) is 12.0 Å². The second-order valence-electron chi connectivity index (χ2n) is 9.83. The molecule has 4 aliphatic carbocycles. The molecule has 2 aromatic rings. The summed E-state index contributed by atoms with van der Waals surface area (Å²) in [5, 5.41) is 12.3. The summed E-state index contributed by atoms with van der Waals surface area (Å²) < 4.78 is 0. The summed E-state index contributed by atoms with van der Waals surface area (Å²) in [4.78, 5) is 24.4. The molecule has 4 saturated carbocycles. The number of nitrogens with one attached hydrogen (secondary N) is 1. The standard InChI is InChI=1S/C26H29NO3/c28-24(27-23(25(29)30)13-17-4-2-1-3-5-17)21-6-8-22(9-7-21)26-14-18-10-19(15-26)12-20(11-18)16-26/h1-9,18-20,23H,10-16H2,(H,27,28)(H,29,30)/t18?,19?,20?,23-,26?/m0/s1. The first-order valence-electron chi connectivity index (χ1n) is 11.2. The Morgan fingerprint density at radius 1 is 0.900 bits per heavy atom. The Labute approximate surface area is 177 Å². The largest absolute Gasteiger partial charge is 0.480 e. The zero-order valence-electron chi connectivity index (χ0n) is 17.2. The molecule has 0 spiro atoms. The van der Waals surface area contributed by atoms with E-state index in [2.05, 4.69) is 17.4 Å². The number of rotatable bonds is 6. The molecule has 4 aliphatic rings. The highest BCUT2D eigenvalue weighted by molar-refractivity contribution is 5.96. The Bertz CT molecular complexity index is 899. The van der Waals surface area contributed by atoms with Gasteiger partial charge in [-0.2, -0.15) is 0 Å². The number of hydrogen-bond acceptors (Lipinski definition) is 2. The van der Waals surface area contributed by atoms with E-state index in [0.29, 0.717) is 11.0 Å². The Morgan fingerprint density at radius 3 is 2.00 bits per heavy atom. The number of aliphatic carboxylic acids is 1. The van der Waals surface area contributed by atoms with Gasteiger partial charge in [-0.3, -0.25) is 4.79 Å². The van der Waals surface area contributed by atoms with Crippen molar-refractivity contribution >= 4 is 11.9 Å². The van der Waals surface area contributed by atoms with Crippen LogP contribution in [0.1, 0.15) is 60.0 Å². The van der Waals surface area contributed by atoms with Crippen molar-refractivity contribution in [3.05, 3.63) is 71.3 Å². The molecule has 0 aromatic heterocycles. The smallest absolute Gasteiger partial charge is 0.326 e. The van der Waals surface area contributed by atoms with Crippen molar-refractivity contribution in [1.29, 1.82) is 0 Å². The Morgan fingerprint density at radius 2 is 1.47 bits per heavy atom. The van der Waals surface area contributed by atoms with Gasteiger partial charge in [0.15, 0.2) is 0 Å². The minimum atomic E-state index is -1.02. The predicted molar refractivity (Wildman–Crippen MR) is 115 cm³/mol. The lowest BCUT2D eigenvalue weighted by molar-refractivity contribution is -0.139. The summed E-state index contributed by atoms with van der Waals surface area (Å²) >= 11 is 0. The molecule has 2 N–H and O–H groups in total. The highest BCUT2D eigenvalue weighted by atomic mass is 16.4. The summed E-state index contributed by atoms with van der Waals surface area (Å²) in [6.45, 7) is 0. The lowest BCUT2D eigenvalue weighted by atomic mass is 9.48. The van der Waals surface area contributed by atoms with E-state index in [4.69, 9.17) is 0 Å². The average Bonchev–Trinajstić information content (AvgIpc) is 2.73. The Hall–Kier alpha value is -2.62. The fourth-order valence-electron chi connectivity index (χ4n) is 6.73. The Balaban J connectivity index is 1.29. The van der Waals surface area contributed by atoms with Crippen LogP contribution in [-0.4, -0.2) is 23.0 Å². The lowest BCUT2D eigenvalue weighted by Crippen LogP contribution is -2.48. The first-order chi connectivity index (χ1) is 14.5. The molecule has 4 bridgehead atoms. The number of carbonyl (C=O) groups excluding carboxylic acids is 1. The monoisotopic (exact) mass is 403 g/mol. The molecule has 0 aliphatic heterocycles. The van der Waals surface area contributed by atoms with E-state index in [-0.39, 0.29) is 12.3 Å². The molecule has 4 heteroatoms. The van der Waals surface area contributed by atoms with Crippen LogP contribution in [0.5, 0.6) is 0 Å².